The lowest BCUT2D eigenvalue weighted by molar-refractivity contribution is 0.100. The number of carbonyl (C=O) groups excluding carboxylic acids is 2. The van der Waals surface area contributed by atoms with Crippen LogP contribution < -0.4 is 10.2 Å². The van der Waals surface area contributed by atoms with Crippen molar-refractivity contribution >= 4 is 23.2 Å². The van der Waals surface area contributed by atoms with Crippen LogP contribution in [0.5, 0.6) is 0 Å². The molecule has 136 valence electrons. The van der Waals surface area contributed by atoms with Crippen molar-refractivity contribution in [3.8, 4) is 0 Å². The first-order valence-electron chi connectivity index (χ1n) is 9.11. The van der Waals surface area contributed by atoms with Crippen molar-refractivity contribution in [1.82, 2.24) is 10.2 Å². The summed E-state index contributed by atoms with van der Waals surface area (Å²) in [5, 5.41) is 11.1. The molecule has 1 saturated heterocycles. The molecule has 1 N–H and O–H groups in total. The number of anilines is 2. The van der Waals surface area contributed by atoms with Crippen molar-refractivity contribution in [2.75, 3.05) is 16.8 Å². The van der Waals surface area contributed by atoms with Crippen LogP contribution in [0.25, 0.3) is 0 Å². The standard InChI is InChI=1S/C20H24N4O2/c1-3-17-9-4-5-12-24(17)19-11-10-18(22-23-19)20(26)21-16-8-6-7-15(13-16)14(2)25/h6-8,10-11,13,17H,3-5,9,12H2,1-2H3,(H,21,26). The van der Waals surface area contributed by atoms with E-state index >= 15 is 0 Å². The summed E-state index contributed by atoms with van der Waals surface area (Å²) >= 11 is 0. The van der Waals surface area contributed by atoms with Crippen LogP contribution in [0.3, 0.4) is 0 Å². The Morgan fingerprint density at radius 3 is 2.73 bits per heavy atom. The molecule has 1 aliphatic heterocycles. The zero-order valence-electron chi connectivity index (χ0n) is 15.2. The van der Waals surface area contributed by atoms with E-state index < -0.39 is 0 Å². The minimum absolute atomic E-state index is 0.0442. The Balaban J connectivity index is 1.71. The summed E-state index contributed by atoms with van der Waals surface area (Å²) in [6, 6.07) is 10.9. The molecule has 6 heteroatoms. The van der Waals surface area contributed by atoms with Gasteiger partial charge in [0.2, 0.25) is 0 Å². The molecule has 1 aromatic heterocycles. The van der Waals surface area contributed by atoms with Crippen LogP contribution in [0, 0.1) is 0 Å². The van der Waals surface area contributed by atoms with Crippen LogP contribution in [-0.2, 0) is 0 Å². The number of hydrogen-bond donors (Lipinski definition) is 1. The predicted molar refractivity (Wildman–Crippen MR) is 102 cm³/mol. The minimum Gasteiger partial charge on any atom is -0.352 e. The summed E-state index contributed by atoms with van der Waals surface area (Å²) in [5.74, 6) is 0.444. The molecule has 1 fully saturated rings. The van der Waals surface area contributed by atoms with Gasteiger partial charge < -0.3 is 10.2 Å². The number of Topliss-reactive ketones (excluding diaryl/α,β-unsaturated/α-hetero) is 1. The number of aromatic nitrogens is 2. The first kappa shape index (κ1) is 18.0. The smallest absolute Gasteiger partial charge is 0.276 e. The molecule has 2 aromatic rings. The summed E-state index contributed by atoms with van der Waals surface area (Å²) in [6.07, 6.45) is 4.67. The van der Waals surface area contributed by atoms with E-state index in [1.807, 2.05) is 6.07 Å². The van der Waals surface area contributed by atoms with Crippen LogP contribution in [0.15, 0.2) is 36.4 Å². The number of piperidine rings is 1. The second-order valence-corrected chi connectivity index (χ2v) is 6.62. The van der Waals surface area contributed by atoms with Crippen LogP contribution in [0.4, 0.5) is 11.5 Å². The highest BCUT2D eigenvalue weighted by Crippen LogP contribution is 2.24. The Morgan fingerprint density at radius 2 is 2.04 bits per heavy atom. The molecule has 0 radical (unpaired) electrons. The molecule has 2 heterocycles. The maximum atomic E-state index is 12.4. The molecule has 0 bridgehead atoms. The van der Waals surface area contributed by atoms with Crippen molar-refractivity contribution in [2.24, 2.45) is 0 Å². The van der Waals surface area contributed by atoms with Gasteiger partial charge in [-0.1, -0.05) is 19.1 Å². The first-order valence-corrected chi connectivity index (χ1v) is 9.11. The van der Waals surface area contributed by atoms with Gasteiger partial charge in [-0.05, 0) is 56.9 Å². The van der Waals surface area contributed by atoms with Gasteiger partial charge in [-0.2, -0.15) is 0 Å². The van der Waals surface area contributed by atoms with Crippen LogP contribution in [0.1, 0.15) is 60.4 Å². The lowest BCUT2D eigenvalue weighted by Gasteiger charge is -2.35. The second kappa shape index (κ2) is 8.08. The third kappa shape index (κ3) is 4.07. The molecule has 1 aromatic carbocycles. The summed E-state index contributed by atoms with van der Waals surface area (Å²) in [6.45, 7) is 4.67. The van der Waals surface area contributed by atoms with Gasteiger partial charge in [0.25, 0.3) is 5.91 Å². The van der Waals surface area contributed by atoms with Crippen molar-refractivity contribution in [3.63, 3.8) is 0 Å². The van der Waals surface area contributed by atoms with Gasteiger partial charge in [0.1, 0.15) is 0 Å². The summed E-state index contributed by atoms with van der Waals surface area (Å²) in [5.41, 5.74) is 1.38. The number of amides is 1. The fourth-order valence-corrected chi connectivity index (χ4v) is 3.34. The third-order valence-electron chi connectivity index (χ3n) is 4.80. The van der Waals surface area contributed by atoms with E-state index in [-0.39, 0.29) is 17.4 Å². The molecule has 1 amide bonds. The summed E-state index contributed by atoms with van der Waals surface area (Å²) in [4.78, 5) is 26.1. The van der Waals surface area contributed by atoms with Crippen molar-refractivity contribution in [3.05, 3.63) is 47.7 Å². The molecule has 0 aliphatic carbocycles. The average Bonchev–Trinajstić information content (AvgIpc) is 2.68. The van der Waals surface area contributed by atoms with E-state index in [1.165, 1.54) is 19.8 Å². The van der Waals surface area contributed by atoms with Crippen molar-refractivity contribution < 1.29 is 9.59 Å². The second-order valence-electron chi connectivity index (χ2n) is 6.62. The number of benzene rings is 1. The Labute approximate surface area is 153 Å². The molecular weight excluding hydrogens is 328 g/mol. The molecule has 1 aliphatic rings. The van der Waals surface area contributed by atoms with Gasteiger partial charge in [0.15, 0.2) is 17.3 Å². The lowest BCUT2D eigenvalue weighted by Crippen LogP contribution is -2.39. The van der Waals surface area contributed by atoms with Crippen LogP contribution in [0.2, 0.25) is 0 Å². The quantitative estimate of drug-likeness (QED) is 0.831. The van der Waals surface area contributed by atoms with Crippen LogP contribution in [-0.4, -0.2) is 34.5 Å². The largest absolute Gasteiger partial charge is 0.352 e. The highest BCUT2D eigenvalue weighted by molar-refractivity contribution is 6.03. The number of nitrogens with one attached hydrogen (secondary N) is 1. The van der Waals surface area contributed by atoms with Crippen molar-refractivity contribution in [1.29, 1.82) is 0 Å². The van der Waals surface area contributed by atoms with E-state index in [1.54, 1.807) is 30.3 Å². The van der Waals surface area contributed by atoms with E-state index in [0.29, 0.717) is 17.3 Å². The number of carbonyl (C=O) groups is 2. The third-order valence-corrected chi connectivity index (χ3v) is 4.80. The van der Waals surface area contributed by atoms with Gasteiger partial charge >= 0.3 is 0 Å². The highest BCUT2D eigenvalue weighted by atomic mass is 16.2. The Hall–Kier alpha value is -2.76. The average molecular weight is 352 g/mol. The zero-order chi connectivity index (χ0) is 18.5. The topological polar surface area (TPSA) is 75.2 Å². The molecule has 26 heavy (non-hydrogen) atoms. The Morgan fingerprint density at radius 1 is 1.19 bits per heavy atom. The van der Waals surface area contributed by atoms with E-state index in [9.17, 15) is 9.59 Å². The van der Waals surface area contributed by atoms with Gasteiger partial charge in [-0.15, -0.1) is 10.2 Å². The zero-order valence-corrected chi connectivity index (χ0v) is 15.2. The maximum Gasteiger partial charge on any atom is 0.276 e. The lowest BCUT2D eigenvalue weighted by atomic mass is 10.0. The number of rotatable bonds is 5. The molecular formula is C20H24N4O2. The van der Waals surface area contributed by atoms with Gasteiger partial charge in [0, 0.05) is 23.8 Å². The molecule has 3 rings (SSSR count). The number of nitrogens with zero attached hydrogens (tertiary/aromatic N) is 3. The van der Waals surface area contributed by atoms with Crippen LogP contribution >= 0.6 is 0 Å². The monoisotopic (exact) mass is 352 g/mol. The normalized spacial score (nSPS) is 17.0. The number of hydrogen-bond acceptors (Lipinski definition) is 5. The predicted octanol–water partition coefficient (Wildman–Crippen LogP) is 3.70. The fraction of sp³-hybridized carbons (Fsp3) is 0.400. The highest BCUT2D eigenvalue weighted by Gasteiger charge is 2.22. The summed E-state index contributed by atoms with van der Waals surface area (Å²) in [7, 11) is 0. The molecule has 0 saturated carbocycles. The van der Waals surface area contributed by atoms with Gasteiger partial charge in [0.05, 0.1) is 0 Å². The van der Waals surface area contributed by atoms with Gasteiger partial charge in [-0.3, -0.25) is 9.59 Å². The molecule has 1 unspecified atom stereocenters. The van der Waals surface area contributed by atoms with E-state index in [2.05, 4.69) is 27.3 Å². The minimum atomic E-state index is -0.338. The Kier molecular flexibility index (Phi) is 5.61. The van der Waals surface area contributed by atoms with E-state index in [0.717, 1.165) is 25.2 Å². The maximum absolute atomic E-state index is 12.4. The molecule has 1 atom stereocenters. The SMILES string of the molecule is CCC1CCCCN1c1ccc(C(=O)Nc2cccc(C(C)=O)c2)nn1. The molecule has 0 spiro atoms. The van der Waals surface area contributed by atoms with E-state index in [4.69, 9.17) is 0 Å². The fourth-order valence-electron chi connectivity index (χ4n) is 3.34. The number of ketones is 1. The first-order chi connectivity index (χ1) is 12.6. The van der Waals surface area contributed by atoms with Gasteiger partial charge in [-0.25, -0.2) is 0 Å². The van der Waals surface area contributed by atoms with Crippen molar-refractivity contribution in [2.45, 2.75) is 45.6 Å². The molecule has 6 nitrogen and oxygen atoms in total. The summed E-state index contributed by atoms with van der Waals surface area (Å²) < 4.78 is 0. The Bertz CT molecular complexity index is 789.